The second-order valence-electron chi connectivity index (χ2n) is 12.7. The Hall–Kier alpha value is -3.57. The van der Waals surface area contributed by atoms with Crippen molar-refractivity contribution in [1.82, 2.24) is 25.0 Å². The van der Waals surface area contributed by atoms with Crippen LogP contribution in [0.1, 0.15) is 66.6 Å². The van der Waals surface area contributed by atoms with E-state index in [2.05, 4.69) is 24.8 Å². The van der Waals surface area contributed by atoms with E-state index in [1.807, 2.05) is 23.2 Å². The molecule has 1 aromatic carbocycles. The Morgan fingerprint density at radius 1 is 1.09 bits per heavy atom. The molecule has 2 saturated heterocycles. The Kier molecular flexibility index (Phi) is 6.45. The Morgan fingerprint density at radius 2 is 1.93 bits per heavy atom. The third-order valence-electron chi connectivity index (χ3n) is 10.2. The summed E-state index contributed by atoms with van der Waals surface area (Å²) in [6.45, 7) is 7.18. The molecule has 2 fully saturated rings. The minimum absolute atomic E-state index is 0.0351. The van der Waals surface area contributed by atoms with Gasteiger partial charge in [0.05, 0.1) is 30.2 Å². The normalized spacial score (nSPS) is 21.2. The zero-order valence-corrected chi connectivity index (χ0v) is 24.5. The van der Waals surface area contributed by atoms with E-state index in [1.54, 1.807) is 19.2 Å². The van der Waals surface area contributed by atoms with Gasteiger partial charge in [0.25, 0.3) is 6.43 Å². The Balaban J connectivity index is 1.23. The molecule has 3 aromatic rings. The third kappa shape index (κ3) is 4.26. The van der Waals surface area contributed by atoms with Crippen LogP contribution in [0.15, 0.2) is 30.6 Å². The summed E-state index contributed by atoms with van der Waals surface area (Å²) in [6.07, 6.45) is 5.20. The summed E-state index contributed by atoms with van der Waals surface area (Å²) in [6, 6.07) is 5.98. The van der Waals surface area contributed by atoms with Gasteiger partial charge in [0.2, 0.25) is 5.91 Å². The fourth-order valence-electron chi connectivity index (χ4n) is 7.88. The van der Waals surface area contributed by atoms with E-state index < -0.39 is 6.43 Å². The first kappa shape index (κ1) is 27.0. The Morgan fingerprint density at radius 3 is 2.67 bits per heavy atom. The molecule has 11 heteroatoms. The minimum Gasteiger partial charge on any atom is -0.381 e. The summed E-state index contributed by atoms with van der Waals surface area (Å²) in [5.74, 6) is 0.843. The number of anilines is 4. The van der Waals surface area contributed by atoms with E-state index in [1.165, 1.54) is 5.56 Å². The summed E-state index contributed by atoms with van der Waals surface area (Å²) in [7, 11) is 0. The van der Waals surface area contributed by atoms with Crippen LogP contribution in [-0.2, 0) is 34.3 Å². The average Bonchev–Trinajstić information content (AvgIpc) is 3.57. The highest BCUT2D eigenvalue weighted by Crippen LogP contribution is 2.50. The van der Waals surface area contributed by atoms with Gasteiger partial charge in [0.1, 0.15) is 0 Å². The molecule has 0 bridgehead atoms. The highest BCUT2D eigenvalue weighted by molar-refractivity contribution is 5.80. The number of alkyl halides is 2. The summed E-state index contributed by atoms with van der Waals surface area (Å²) < 4.78 is 37.7. The molecule has 1 spiro atoms. The molecule has 0 aliphatic carbocycles. The first-order valence-corrected chi connectivity index (χ1v) is 15.5. The fourth-order valence-corrected chi connectivity index (χ4v) is 7.88. The van der Waals surface area contributed by atoms with Gasteiger partial charge in [0, 0.05) is 93.4 Å². The number of nitrogens with zero attached hydrogens (tertiary/aromatic N) is 6. The zero-order valence-electron chi connectivity index (χ0n) is 24.5. The molecule has 226 valence electrons. The van der Waals surface area contributed by atoms with E-state index >= 15 is 0 Å². The molecule has 0 atom stereocenters. The van der Waals surface area contributed by atoms with E-state index in [-0.39, 0.29) is 22.9 Å². The molecule has 43 heavy (non-hydrogen) atoms. The predicted molar refractivity (Wildman–Crippen MR) is 159 cm³/mol. The number of ether oxygens (including phenoxy) is 1. The Labute approximate surface area is 249 Å². The quantitative estimate of drug-likeness (QED) is 0.479. The summed E-state index contributed by atoms with van der Waals surface area (Å²) in [4.78, 5) is 22.9. The summed E-state index contributed by atoms with van der Waals surface area (Å²) in [5.41, 5.74) is 6.71. The minimum atomic E-state index is -2.64. The number of aromatic nitrogens is 3. The molecule has 5 aliphatic heterocycles. The number of benzene rings is 1. The summed E-state index contributed by atoms with van der Waals surface area (Å²) >= 11 is 0. The summed E-state index contributed by atoms with van der Waals surface area (Å²) in [5, 5.41) is 8.60. The van der Waals surface area contributed by atoms with Crippen molar-refractivity contribution in [3.8, 4) is 0 Å². The molecule has 9 nitrogen and oxygen atoms in total. The molecule has 0 saturated carbocycles. The van der Waals surface area contributed by atoms with Crippen molar-refractivity contribution in [2.45, 2.75) is 63.5 Å². The van der Waals surface area contributed by atoms with Gasteiger partial charge in [-0.2, -0.15) is 5.10 Å². The van der Waals surface area contributed by atoms with E-state index in [0.29, 0.717) is 45.1 Å². The molecule has 8 rings (SSSR count). The molecule has 0 unspecified atom stereocenters. The number of halogens is 2. The smallest absolute Gasteiger partial charge is 0.265 e. The lowest BCUT2D eigenvalue weighted by Gasteiger charge is -2.40. The molecule has 1 N–H and O–H groups in total. The van der Waals surface area contributed by atoms with Crippen molar-refractivity contribution in [1.29, 1.82) is 0 Å². The van der Waals surface area contributed by atoms with Gasteiger partial charge in [-0.1, -0.05) is 0 Å². The highest BCUT2D eigenvalue weighted by atomic mass is 19.3. The number of amides is 1. The molecule has 5 aliphatic rings. The molecular formula is C32H37F2N7O2. The average molecular weight is 590 g/mol. The van der Waals surface area contributed by atoms with Crippen LogP contribution in [0.25, 0.3) is 0 Å². The van der Waals surface area contributed by atoms with Crippen LogP contribution in [0, 0.1) is 0 Å². The fraction of sp³-hybridized carbons (Fsp3) is 0.531. The van der Waals surface area contributed by atoms with E-state index in [0.717, 1.165) is 79.2 Å². The number of fused-ring (bicyclic) bond motifs is 4. The lowest BCUT2D eigenvalue weighted by atomic mass is 9.77. The molecule has 2 aromatic heterocycles. The van der Waals surface area contributed by atoms with Crippen molar-refractivity contribution in [2.24, 2.45) is 0 Å². The second-order valence-corrected chi connectivity index (χ2v) is 12.7. The van der Waals surface area contributed by atoms with Crippen LogP contribution in [0.4, 0.5) is 31.7 Å². The van der Waals surface area contributed by atoms with Gasteiger partial charge in [-0.3, -0.25) is 14.5 Å². The van der Waals surface area contributed by atoms with Gasteiger partial charge in [-0.15, -0.1) is 0 Å². The van der Waals surface area contributed by atoms with Crippen molar-refractivity contribution in [3.63, 3.8) is 0 Å². The van der Waals surface area contributed by atoms with E-state index in [9.17, 15) is 13.6 Å². The number of hydrogen-bond acceptors (Lipinski definition) is 7. The largest absolute Gasteiger partial charge is 0.381 e. The SMILES string of the molecule is CC(=O)N1CCc2c(c(N3CCCc4cc(N5CC6(CNC6)c6ccncc65)c(C(F)F)cc43)nn2C2CCOCC2)C1. The van der Waals surface area contributed by atoms with Gasteiger partial charge in [0.15, 0.2) is 5.82 Å². The van der Waals surface area contributed by atoms with Gasteiger partial charge >= 0.3 is 0 Å². The number of carbonyl (C=O) groups excluding carboxylic acids is 1. The third-order valence-corrected chi connectivity index (χ3v) is 10.2. The van der Waals surface area contributed by atoms with Crippen molar-refractivity contribution in [2.75, 3.05) is 55.7 Å². The second kappa shape index (κ2) is 10.3. The lowest BCUT2D eigenvalue weighted by molar-refractivity contribution is -0.129. The molecular weight excluding hydrogens is 552 g/mol. The maximum absolute atomic E-state index is 15.0. The number of pyridine rings is 1. The van der Waals surface area contributed by atoms with Gasteiger partial charge < -0.3 is 24.8 Å². The van der Waals surface area contributed by atoms with Crippen molar-refractivity contribution < 1.29 is 18.3 Å². The number of aryl methyl sites for hydroxylation is 1. The van der Waals surface area contributed by atoms with Gasteiger partial charge in [-0.05, 0) is 55.0 Å². The van der Waals surface area contributed by atoms with Gasteiger partial charge in [-0.25, -0.2) is 8.78 Å². The molecule has 0 radical (unpaired) electrons. The van der Waals surface area contributed by atoms with E-state index in [4.69, 9.17) is 9.84 Å². The predicted octanol–water partition coefficient (Wildman–Crippen LogP) is 4.55. The number of hydrogen-bond donors (Lipinski definition) is 1. The first-order chi connectivity index (χ1) is 20.9. The topological polar surface area (TPSA) is 78.8 Å². The van der Waals surface area contributed by atoms with Crippen LogP contribution >= 0.6 is 0 Å². The number of nitrogens with one attached hydrogen (secondary N) is 1. The monoisotopic (exact) mass is 589 g/mol. The molecule has 1 amide bonds. The van der Waals surface area contributed by atoms with Crippen LogP contribution in [0.3, 0.4) is 0 Å². The Bertz CT molecular complexity index is 1580. The van der Waals surface area contributed by atoms with Crippen LogP contribution < -0.4 is 15.1 Å². The van der Waals surface area contributed by atoms with Crippen LogP contribution in [-0.4, -0.2) is 71.5 Å². The maximum atomic E-state index is 15.0. The van der Waals surface area contributed by atoms with Crippen molar-refractivity contribution in [3.05, 3.63) is 58.5 Å². The zero-order chi connectivity index (χ0) is 29.3. The first-order valence-electron chi connectivity index (χ1n) is 15.5. The number of rotatable bonds is 4. The van der Waals surface area contributed by atoms with Crippen molar-refractivity contribution >= 4 is 28.8 Å². The van der Waals surface area contributed by atoms with Crippen LogP contribution in [0.2, 0.25) is 0 Å². The van der Waals surface area contributed by atoms with Crippen LogP contribution in [0.5, 0.6) is 0 Å². The lowest BCUT2D eigenvalue weighted by Crippen LogP contribution is -2.58. The molecule has 7 heterocycles. The number of carbonyl (C=O) groups is 1. The maximum Gasteiger partial charge on any atom is 0.265 e. The highest BCUT2D eigenvalue weighted by Gasteiger charge is 2.48. The standard InChI is InChI=1S/C32H37F2N7O2/c1-20(42)38-10-5-26-24(16-38)31(37-41(26)22-6-11-43-12-7-22)39-9-2-3-21-13-28(23(30(33)34)14-27(21)39)40-19-32(17-36-18-32)25-4-8-35-15-29(25)40/h4,8,13-15,22,30,36H,2-3,5-7,9-12,16-19H2,1H3.